The van der Waals surface area contributed by atoms with E-state index < -0.39 is 0 Å². The number of carbonyl (C=O) groups is 2. The van der Waals surface area contributed by atoms with Crippen molar-refractivity contribution < 1.29 is 14.3 Å². The van der Waals surface area contributed by atoms with Gasteiger partial charge in [0.1, 0.15) is 6.42 Å². The van der Waals surface area contributed by atoms with Gasteiger partial charge in [-0.05, 0) is 6.42 Å². The van der Waals surface area contributed by atoms with Crippen LogP contribution in [-0.2, 0) is 14.3 Å². The molecule has 0 rings (SSSR count). The van der Waals surface area contributed by atoms with Gasteiger partial charge in [-0.3, -0.25) is 9.59 Å². The molecule has 1 amide bonds. The van der Waals surface area contributed by atoms with Crippen LogP contribution >= 0.6 is 0 Å². The monoisotopic (exact) mass is 198 g/mol. The second-order valence-corrected chi connectivity index (χ2v) is 2.79. The van der Waals surface area contributed by atoms with Crippen LogP contribution in [0.1, 0.15) is 26.2 Å². The maximum atomic E-state index is 11.0. The molecule has 0 heterocycles. The Labute approximate surface area is 83.0 Å². The Morgan fingerprint density at radius 3 is 2.64 bits per heavy atom. The van der Waals surface area contributed by atoms with E-state index in [4.69, 9.17) is 5.26 Å². The van der Waals surface area contributed by atoms with Gasteiger partial charge in [0.15, 0.2) is 0 Å². The van der Waals surface area contributed by atoms with Crippen molar-refractivity contribution in [2.45, 2.75) is 32.2 Å². The molecule has 0 radical (unpaired) electrons. The molecule has 0 saturated heterocycles. The van der Waals surface area contributed by atoms with Crippen LogP contribution in [0.3, 0.4) is 0 Å². The molecule has 1 unspecified atom stereocenters. The third-order valence-electron chi connectivity index (χ3n) is 1.74. The average molecular weight is 198 g/mol. The van der Waals surface area contributed by atoms with Crippen molar-refractivity contribution in [2.24, 2.45) is 0 Å². The van der Waals surface area contributed by atoms with Crippen molar-refractivity contribution in [1.82, 2.24) is 5.32 Å². The van der Waals surface area contributed by atoms with Crippen molar-refractivity contribution in [3.05, 3.63) is 0 Å². The summed E-state index contributed by atoms with van der Waals surface area (Å²) >= 11 is 0. The fourth-order valence-corrected chi connectivity index (χ4v) is 0.932. The standard InChI is InChI=1S/C9H14N2O3/c1-3-7(6-9(13)14-2)11-8(12)4-5-10/h7H,3-4,6H2,1-2H3,(H,11,12). The number of carbonyl (C=O) groups excluding carboxylic acids is 2. The number of methoxy groups -OCH3 is 1. The van der Waals surface area contributed by atoms with Crippen molar-refractivity contribution in [3.8, 4) is 6.07 Å². The molecule has 1 N–H and O–H groups in total. The predicted octanol–water partition coefficient (Wildman–Crippen LogP) is 0.358. The van der Waals surface area contributed by atoms with E-state index in [1.807, 2.05) is 6.92 Å². The molecule has 14 heavy (non-hydrogen) atoms. The molecule has 0 aliphatic carbocycles. The normalized spacial score (nSPS) is 11.2. The van der Waals surface area contributed by atoms with E-state index in [-0.39, 0.29) is 30.8 Å². The highest BCUT2D eigenvalue weighted by atomic mass is 16.5. The summed E-state index contributed by atoms with van der Waals surface area (Å²) in [7, 11) is 1.30. The fraction of sp³-hybridized carbons (Fsp3) is 0.667. The van der Waals surface area contributed by atoms with Gasteiger partial charge in [0.25, 0.3) is 0 Å². The molecule has 0 spiro atoms. The highest BCUT2D eigenvalue weighted by molar-refractivity contribution is 5.79. The summed E-state index contributed by atoms with van der Waals surface area (Å²) in [6, 6.07) is 1.49. The molecular weight excluding hydrogens is 184 g/mol. The molecule has 0 saturated carbocycles. The van der Waals surface area contributed by atoms with Crippen LogP contribution in [-0.4, -0.2) is 25.0 Å². The topological polar surface area (TPSA) is 79.2 Å². The van der Waals surface area contributed by atoms with Crippen LogP contribution in [0.25, 0.3) is 0 Å². The number of rotatable bonds is 5. The molecule has 0 aliphatic rings. The zero-order chi connectivity index (χ0) is 11.0. The number of nitrogens with one attached hydrogen (secondary N) is 1. The highest BCUT2D eigenvalue weighted by Crippen LogP contribution is 1.99. The zero-order valence-electron chi connectivity index (χ0n) is 8.37. The van der Waals surface area contributed by atoms with E-state index in [0.29, 0.717) is 6.42 Å². The second-order valence-electron chi connectivity index (χ2n) is 2.79. The Kier molecular flexibility index (Phi) is 6.12. The smallest absolute Gasteiger partial charge is 0.307 e. The molecule has 1 atom stereocenters. The number of hydrogen-bond donors (Lipinski definition) is 1. The number of ether oxygens (including phenoxy) is 1. The van der Waals surface area contributed by atoms with Gasteiger partial charge in [-0.2, -0.15) is 5.26 Å². The van der Waals surface area contributed by atoms with Gasteiger partial charge in [0.05, 0.1) is 19.6 Å². The van der Waals surface area contributed by atoms with E-state index in [1.165, 1.54) is 7.11 Å². The summed E-state index contributed by atoms with van der Waals surface area (Å²) in [6.45, 7) is 1.85. The lowest BCUT2D eigenvalue weighted by molar-refractivity contribution is -0.141. The molecule has 5 heteroatoms. The summed E-state index contributed by atoms with van der Waals surface area (Å²) in [4.78, 5) is 21.9. The maximum absolute atomic E-state index is 11.0. The Hall–Kier alpha value is -1.57. The summed E-state index contributed by atoms with van der Waals surface area (Å²) in [6.07, 6.45) is 0.591. The summed E-state index contributed by atoms with van der Waals surface area (Å²) in [5.41, 5.74) is 0. The van der Waals surface area contributed by atoms with Crippen molar-refractivity contribution in [1.29, 1.82) is 5.26 Å². The summed E-state index contributed by atoms with van der Waals surface area (Å²) in [5.74, 6) is -0.725. The van der Waals surface area contributed by atoms with Gasteiger partial charge in [-0.25, -0.2) is 0 Å². The van der Waals surface area contributed by atoms with Gasteiger partial charge >= 0.3 is 5.97 Å². The number of amides is 1. The lowest BCUT2D eigenvalue weighted by atomic mass is 10.1. The Morgan fingerprint density at radius 1 is 1.57 bits per heavy atom. The van der Waals surface area contributed by atoms with Crippen LogP contribution in [0, 0.1) is 11.3 Å². The minimum atomic E-state index is -0.367. The summed E-state index contributed by atoms with van der Waals surface area (Å²) in [5, 5.41) is 10.8. The van der Waals surface area contributed by atoms with Gasteiger partial charge in [-0.15, -0.1) is 0 Å². The van der Waals surface area contributed by atoms with Crippen LogP contribution in [0.15, 0.2) is 0 Å². The first-order chi connectivity index (χ1) is 6.63. The largest absolute Gasteiger partial charge is 0.469 e. The van der Waals surface area contributed by atoms with Gasteiger partial charge in [-0.1, -0.05) is 6.92 Å². The first-order valence-electron chi connectivity index (χ1n) is 4.37. The fourth-order valence-electron chi connectivity index (χ4n) is 0.932. The average Bonchev–Trinajstić information content (AvgIpc) is 2.16. The quantitative estimate of drug-likeness (QED) is 0.647. The molecule has 0 fully saturated rings. The Morgan fingerprint density at radius 2 is 2.21 bits per heavy atom. The lowest BCUT2D eigenvalue weighted by Crippen LogP contribution is -2.35. The third-order valence-corrected chi connectivity index (χ3v) is 1.74. The first-order valence-corrected chi connectivity index (χ1v) is 4.37. The number of nitrogens with zero attached hydrogens (tertiary/aromatic N) is 1. The predicted molar refractivity (Wildman–Crippen MR) is 49.1 cm³/mol. The van der Waals surface area contributed by atoms with Crippen LogP contribution < -0.4 is 5.32 Å². The lowest BCUT2D eigenvalue weighted by Gasteiger charge is -2.14. The van der Waals surface area contributed by atoms with Crippen LogP contribution in [0.5, 0.6) is 0 Å². The highest BCUT2D eigenvalue weighted by Gasteiger charge is 2.14. The molecule has 0 aromatic rings. The third kappa shape index (κ3) is 5.14. The van der Waals surface area contributed by atoms with Crippen molar-refractivity contribution in [3.63, 3.8) is 0 Å². The number of nitriles is 1. The maximum Gasteiger partial charge on any atom is 0.307 e. The first kappa shape index (κ1) is 12.4. The SMILES string of the molecule is CCC(CC(=O)OC)NC(=O)CC#N. The number of esters is 1. The second kappa shape index (κ2) is 6.89. The van der Waals surface area contributed by atoms with E-state index in [1.54, 1.807) is 6.07 Å². The van der Waals surface area contributed by atoms with Crippen LogP contribution in [0.4, 0.5) is 0 Å². The van der Waals surface area contributed by atoms with Crippen molar-refractivity contribution in [2.75, 3.05) is 7.11 Å². The van der Waals surface area contributed by atoms with Gasteiger partial charge in [0, 0.05) is 6.04 Å². The molecular formula is C9H14N2O3. The molecule has 0 bridgehead atoms. The zero-order valence-corrected chi connectivity index (χ0v) is 8.37. The molecule has 0 aromatic heterocycles. The van der Waals surface area contributed by atoms with E-state index in [9.17, 15) is 9.59 Å². The van der Waals surface area contributed by atoms with Gasteiger partial charge in [0.2, 0.25) is 5.91 Å². The minimum Gasteiger partial charge on any atom is -0.469 e. The molecule has 0 aromatic carbocycles. The molecule has 78 valence electrons. The van der Waals surface area contributed by atoms with E-state index in [2.05, 4.69) is 10.1 Å². The Bertz CT molecular complexity index is 245. The Balaban J connectivity index is 3.97. The summed E-state index contributed by atoms with van der Waals surface area (Å²) < 4.78 is 4.47. The molecule has 5 nitrogen and oxygen atoms in total. The van der Waals surface area contributed by atoms with Gasteiger partial charge < -0.3 is 10.1 Å². The molecule has 0 aliphatic heterocycles. The number of hydrogen-bond acceptors (Lipinski definition) is 4. The van der Waals surface area contributed by atoms with E-state index in [0.717, 1.165) is 0 Å². The van der Waals surface area contributed by atoms with E-state index >= 15 is 0 Å². The van der Waals surface area contributed by atoms with Crippen molar-refractivity contribution >= 4 is 11.9 Å². The minimum absolute atomic E-state index is 0.143. The van der Waals surface area contributed by atoms with Crippen LogP contribution in [0.2, 0.25) is 0 Å².